The highest BCUT2D eigenvalue weighted by Gasteiger charge is 2.28. The number of rotatable bonds is 4. The molecule has 2 aliphatic heterocycles. The fourth-order valence-electron chi connectivity index (χ4n) is 3.02. The first-order chi connectivity index (χ1) is 8.16. The second-order valence-electron chi connectivity index (χ2n) is 5.58. The Hall–Kier alpha value is 0.0700. The van der Waals surface area contributed by atoms with Gasteiger partial charge >= 0.3 is 0 Å². The first-order valence-electron chi connectivity index (χ1n) is 6.95. The topological polar surface area (TPSA) is 23.6 Å². The van der Waals surface area contributed by atoms with Crippen LogP contribution < -0.4 is 0 Å². The Kier molecular flexibility index (Phi) is 5.00. The van der Waals surface area contributed by atoms with Crippen LogP contribution in [0, 0.1) is 0 Å². The SMILES string of the molecule is CC(CCN1CCCN2CCCC2C1)S(C)=O. The Morgan fingerprint density at radius 3 is 2.82 bits per heavy atom. The quantitative estimate of drug-likeness (QED) is 0.760. The molecule has 2 fully saturated rings. The molecule has 3 unspecified atom stereocenters. The molecule has 17 heavy (non-hydrogen) atoms. The van der Waals surface area contributed by atoms with Crippen LogP contribution in [0.2, 0.25) is 0 Å². The minimum atomic E-state index is -0.661. The van der Waals surface area contributed by atoms with Crippen LogP contribution in [0.1, 0.15) is 32.6 Å². The Labute approximate surface area is 108 Å². The Bertz CT molecular complexity index is 272. The van der Waals surface area contributed by atoms with Crippen molar-refractivity contribution in [3.05, 3.63) is 0 Å². The van der Waals surface area contributed by atoms with E-state index in [0.717, 1.165) is 19.0 Å². The third kappa shape index (κ3) is 3.76. The molecule has 0 aromatic carbocycles. The molecule has 0 aromatic heterocycles. The van der Waals surface area contributed by atoms with E-state index in [-0.39, 0.29) is 0 Å². The van der Waals surface area contributed by atoms with Gasteiger partial charge in [-0.2, -0.15) is 0 Å². The maximum atomic E-state index is 11.4. The van der Waals surface area contributed by atoms with Crippen molar-refractivity contribution in [2.75, 3.05) is 39.0 Å². The number of nitrogens with zero attached hydrogens (tertiary/aromatic N) is 2. The van der Waals surface area contributed by atoms with E-state index in [4.69, 9.17) is 0 Å². The molecule has 0 radical (unpaired) electrons. The Morgan fingerprint density at radius 1 is 1.29 bits per heavy atom. The van der Waals surface area contributed by atoms with Crippen LogP contribution in [0.3, 0.4) is 0 Å². The van der Waals surface area contributed by atoms with E-state index in [0.29, 0.717) is 5.25 Å². The minimum Gasteiger partial charge on any atom is -0.302 e. The van der Waals surface area contributed by atoms with Crippen molar-refractivity contribution in [1.82, 2.24) is 9.80 Å². The van der Waals surface area contributed by atoms with Crippen molar-refractivity contribution in [2.24, 2.45) is 0 Å². The van der Waals surface area contributed by atoms with Gasteiger partial charge in [0.15, 0.2) is 0 Å². The number of fused-ring (bicyclic) bond motifs is 1. The van der Waals surface area contributed by atoms with E-state index in [9.17, 15) is 4.21 Å². The molecule has 4 heteroatoms. The van der Waals surface area contributed by atoms with E-state index < -0.39 is 10.8 Å². The highest BCUT2D eigenvalue weighted by Crippen LogP contribution is 2.21. The largest absolute Gasteiger partial charge is 0.302 e. The van der Waals surface area contributed by atoms with Crippen molar-refractivity contribution in [3.63, 3.8) is 0 Å². The summed E-state index contributed by atoms with van der Waals surface area (Å²) in [6.07, 6.45) is 6.97. The van der Waals surface area contributed by atoms with Crippen LogP contribution in [0.4, 0.5) is 0 Å². The molecule has 0 bridgehead atoms. The normalized spacial score (nSPS) is 30.8. The molecule has 0 saturated carbocycles. The fraction of sp³-hybridized carbons (Fsp3) is 1.00. The predicted octanol–water partition coefficient (Wildman–Crippen LogP) is 1.31. The summed E-state index contributed by atoms with van der Waals surface area (Å²) in [5.74, 6) is 0. The summed E-state index contributed by atoms with van der Waals surface area (Å²) in [4.78, 5) is 5.26. The van der Waals surface area contributed by atoms with Crippen LogP contribution in [-0.2, 0) is 10.8 Å². The summed E-state index contributed by atoms with van der Waals surface area (Å²) in [6, 6.07) is 0.805. The molecular weight excluding hydrogens is 232 g/mol. The molecule has 0 aromatic rings. The van der Waals surface area contributed by atoms with Gasteiger partial charge in [0.05, 0.1) is 0 Å². The zero-order chi connectivity index (χ0) is 12.3. The summed E-state index contributed by atoms with van der Waals surface area (Å²) < 4.78 is 11.4. The highest BCUT2D eigenvalue weighted by molar-refractivity contribution is 7.84. The highest BCUT2D eigenvalue weighted by atomic mass is 32.2. The van der Waals surface area contributed by atoms with Gasteiger partial charge in [0.25, 0.3) is 0 Å². The molecule has 3 nitrogen and oxygen atoms in total. The van der Waals surface area contributed by atoms with Gasteiger partial charge in [-0.05, 0) is 51.9 Å². The summed E-state index contributed by atoms with van der Waals surface area (Å²) in [5, 5.41) is 0.345. The molecule has 0 aliphatic carbocycles. The first-order valence-corrected chi connectivity index (χ1v) is 8.57. The van der Waals surface area contributed by atoms with Gasteiger partial charge in [-0.25, -0.2) is 0 Å². The Morgan fingerprint density at radius 2 is 2.06 bits per heavy atom. The first kappa shape index (κ1) is 13.5. The van der Waals surface area contributed by atoms with Crippen LogP contribution in [0.5, 0.6) is 0 Å². The zero-order valence-electron chi connectivity index (χ0n) is 11.2. The van der Waals surface area contributed by atoms with Crippen molar-refractivity contribution in [1.29, 1.82) is 0 Å². The maximum Gasteiger partial charge on any atom is 0.0329 e. The summed E-state index contributed by atoms with van der Waals surface area (Å²) in [7, 11) is -0.661. The van der Waals surface area contributed by atoms with E-state index in [2.05, 4.69) is 16.7 Å². The molecule has 2 rings (SSSR count). The van der Waals surface area contributed by atoms with Gasteiger partial charge in [0, 0.05) is 34.9 Å². The van der Waals surface area contributed by atoms with Crippen LogP contribution in [0.25, 0.3) is 0 Å². The smallest absolute Gasteiger partial charge is 0.0329 e. The minimum absolute atomic E-state index is 0.345. The van der Waals surface area contributed by atoms with Gasteiger partial charge < -0.3 is 4.90 Å². The average Bonchev–Trinajstić information content (AvgIpc) is 2.64. The molecule has 0 spiro atoms. The van der Waals surface area contributed by atoms with Crippen molar-refractivity contribution in [2.45, 2.75) is 43.9 Å². The summed E-state index contributed by atoms with van der Waals surface area (Å²) in [5.41, 5.74) is 0. The summed E-state index contributed by atoms with van der Waals surface area (Å²) >= 11 is 0. The maximum absolute atomic E-state index is 11.4. The lowest BCUT2D eigenvalue weighted by Crippen LogP contribution is -2.37. The van der Waals surface area contributed by atoms with Gasteiger partial charge in [-0.3, -0.25) is 9.11 Å². The Balaban J connectivity index is 1.78. The molecule has 100 valence electrons. The molecule has 3 atom stereocenters. The monoisotopic (exact) mass is 258 g/mol. The number of hydrogen-bond acceptors (Lipinski definition) is 3. The van der Waals surface area contributed by atoms with Gasteiger partial charge in [-0.1, -0.05) is 6.92 Å². The second kappa shape index (κ2) is 6.30. The lowest BCUT2D eigenvalue weighted by Gasteiger charge is -2.26. The van der Waals surface area contributed by atoms with Crippen molar-refractivity contribution < 1.29 is 4.21 Å². The van der Waals surface area contributed by atoms with Crippen LogP contribution in [-0.4, -0.2) is 64.3 Å². The van der Waals surface area contributed by atoms with Gasteiger partial charge in [-0.15, -0.1) is 0 Å². The number of hydrogen-bond donors (Lipinski definition) is 0. The summed E-state index contributed by atoms with van der Waals surface area (Å²) in [6.45, 7) is 8.31. The predicted molar refractivity (Wildman–Crippen MR) is 73.8 cm³/mol. The van der Waals surface area contributed by atoms with Crippen LogP contribution in [0.15, 0.2) is 0 Å². The fourth-order valence-corrected chi connectivity index (χ4v) is 3.45. The lowest BCUT2D eigenvalue weighted by atomic mass is 10.2. The molecule has 2 aliphatic rings. The molecular formula is C13H26N2OS. The van der Waals surface area contributed by atoms with E-state index in [1.54, 1.807) is 0 Å². The van der Waals surface area contributed by atoms with Crippen molar-refractivity contribution >= 4 is 10.8 Å². The van der Waals surface area contributed by atoms with E-state index in [1.807, 2.05) is 6.26 Å². The molecule has 2 heterocycles. The molecule has 2 saturated heterocycles. The zero-order valence-corrected chi connectivity index (χ0v) is 12.0. The second-order valence-corrected chi connectivity index (χ2v) is 7.39. The van der Waals surface area contributed by atoms with E-state index in [1.165, 1.54) is 45.4 Å². The molecule has 0 amide bonds. The molecule has 0 N–H and O–H groups in total. The van der Waals surface area contributed by atoms with Gasteiger partial charge in [0.1, 0.15) is 0 Å². The van der Waals surface area contributed by atoms with Gasteiger partial charge in [0.2, 0.25) is 0 Å². The average molecular weight is 258 g/mol. The van der Waals surface area contributed by atoms with E-state index >= 15 is 0 Å². The van der Waals surface area contributed by atoms with Crippen LogP contribution >= 0.6 is 0 Å². The lowest BCUT2D eigenvalue weighted by molar-refractivity contribution is 0.219. The third-order valence-corrected chi connectivity index (χ3v) is 5.68. The van der Waals surface area contributed by atoms with Crippen molar-refractivity contribution in [3.8, 4) is 0 Å². The third-order valence-electron chi connectivity index (χ3n) is 4.31. The standard InChI is InChI=1S/C13H26N2OS/c1-12(17(2)16)6-10-14-7-4-9-15-8-3-5-13(15)11-14/h12-13H,3-11H2,1-2H3.